The summed E-state index contributed by atoms with van der Waals surface area (Å²) in [6.07, 6.45) is 1.80. The third kappa shape index (κ3) is 2.24. The maximum atomic E-state index is 14.1. The number of fused-ring (bicyclic) bond motifs is 1. The number of hydrogen-bond acceptors (Lipinski definition) is 2. The van der Waals surface area contributed by atoms with Crippen molar-refractivity contribution < 1.29 is 18.3 Å². The quantitative estimate of drug-likeness (QED) is 0.773. The van der Waals surface area contributed by atoms with Crippen molar-refractivity contribution in [2.45, 2.75) is 38.0 Å². The van der Waals surface area contributed by atoms with E-state index in [1.165, 1.54) is 6.92 Å². The predicted molar refractivity (Wildman–Crippen MR) is 63.7 cm³/mol. The van der Waals surface area contributed by atoms with Gasteiger partial charge < -0.3 is 4.74 Å². The van der Waals surface area contributed by atoms with Crippen LogP contribution in [0.2, 0.25) is 0 Å². The number of esters is 1. The summed E-state index contributed by atoms with van der Waals surface area (Å²) >= 11 is 0. The predicted octanol–water partition coefficient (Wildman–Crippen LogP) is 3.30. The van der Waals surface area contributed by atoms with Crippen molar-refractivity contribution in [3.05, 3.63) is 35.4 Å². The highest BCUT2D eigenvalue weighted by Crippen LogP contribution is 2.42. The van der Waals surface area contributed by atoms with E-state index >= 15 is 0 Å². The van der Waals surface area contributed by atoms with Crippen LogP contribution in [-0.4, -0.2) is 18.5 Å². The van der Waals surface area contributed by atoms with Gasteiger partial charge in [0.05, 0.1) is 12.5 Å². The Bertz CT molecular complexity index is 443. The average molecular weight is 254 g/mol. The number of hydrogen-bond donors (Lipinski definition) is 0. The lowest BCUT2D eigenvalue weighted by molar-refractivity contribution is -0.175. The molecule has 0 amide bonds. The minimum absolute atomic E-state index is 0.0250. The summed E-state index contributed by atoms with van der Waals surface area (Å²) in [5.41, 5.74) is 1.50. The van der Waals surface area contributed by atoms with Crippen LogP contribution in [0.5, 0.6) is 0 Å². The first-order valence-electron chi connectivity index (χ1n) is 6.20. The van der Waals surface area contributed by atoms with E-state index in [4.69, 9.17) is 0 Å². The Morgan fingerprint density at radius 1 is 1.44 bits per heavy atom. The number of carbonyl (C=O) groups excluding carboxylic acids is 1. The van der Waals surface area contributed by atoms with Gasteiger partial charge in [-0.2, -0.15) is 8.78 Å². The van der Waals surface area contributed by atoms with E-state index in [9.17, 15) is 13.6 Å². The summed E-state index contributed by atoms with van der Waals surface area (Å²) in [6.45, 7) is 1.51. The molecule has 0 radical (unpaired) electrons. The number of ether oxygens (including phenoxy) is 1. The largest absolute Gasteiger partial charge is 0.462 e. The third-order valence-corrected chi connectivity index (χ3v) is 3.35. The molecule has 1 aromatic rings. The highest BCUT2D eigenvalue weighted by atomic mass is 19.3. The Hall–Kier alpha value is -1.45. The van der Waals surface area contributed by atoms with E-state index in [0.717, 1.165) is 12.0 Å². The van der Waals surface area contributed by atoms with Crippen molar-refractivity contribution in [3.63, 3.8) is 0 Å². The Morgan fingerprint density at radius 3 is 2.89 bits per heavy atom. The monoisotopic (exact) mass is 254 g/mol. The molecule has 4 heteroatoms. The number of rotatable bonds is 3. The van der Waals surface area contributed by atoms with Gasteiger partial charge in [-0.15, -0.1) is 0 Å². The summed E-state index contributed by atoms with van der Waals surface area (Å²) < 4.78 is 32.7. The Kier molecular flexibility index (Phi) is 3.64. The van der Waals surface area contributed by atoms with Crippen LogP contribution in [-0.2, 0) is 16.0 Å². The van der Waals surface area contributed by atoms with Gasteiger partial charge in [0, 0.05) is 0 Å². The Labute approximate surface area is 105 Å². The van der Waals surface area contributed by atoms with E-state index in [0.29, 0.717) is 18.4 Å². The first-order valence-corrected chi connectivity index (χ1v) is 6.20. The molecule has 0 heterocycles. The third-order valence-electron chi connectivity index (χ3n) is 3.35. The van der Waals surface area contributed by atoms with Gasteiger partial charge in [0.15, 0.2) is 0 Å². The summed E-state index contributed by atoms with van der Waals surface area (Å²) in [6, 6.07) is 7.11. The molecule has 0 saturated carbocycles. The molecule has 1 aromatic carbocycles. The second kappa shape index (κ2) is 5.04. The van der Waals surface area contributed by atoms with Crippen molar-refractivity contribution in [3.8, 4) is 0 Å². The number of benzene rings is 1. The van der Waals surface area contributed by atoms with Crippen LogP contribution >= 0.6 is 0 Å². The average Bonchev–Trinajstić information content (AvgIpc) is 2.38. The molecule has 1 aliphatic rings. The molecule has 18 heavy (non-hydrogen) atoms. The van der Waals surface area contributed by atoms with Gasteiger partial charge in [0.2, 0.25) is 0 Å². The van der Waals surface area contributed by atoms with Crippen LogP contribution in [0.4, 0.5) is 8.78 Å². The molecule has 98 valence electrons. The summed E-state index contributed by atoms with van der Waals surface area (Å²) in [5, 5.41) is 0. The second-order valence-corrected chi connectivity index (χ2v) is 4.49. The van der Waals surface area contributed by atoms with Crippen molar-refractivity contribution in [2.75, 3.05) is 6.61 Å². The SMILES string of the molecule is CCOC(=O)C(F)(F)C1CCCc2ccccc21. The van der Waals surface area contributed by atoms with Crippen LogP contribution < -0.4 is 0 Å². The maximum absolute atomic E-state index is 14.1. The first-order chi connectivity index (χ1) is 8.57. The van der Waals surface area contributed by atoms with E-state index in [1.54, 1.807) is 12.1 Å². The van der Waals surface area contributed by atoms with Crippen LogP contribution in [0.3, 0.4) is 0 Å². The maximum Gasteiger partial charge on any atom is 0.377 e. The smallest absolute Gasteiger partial charge is 0.377 e. The molecule has 1 unspecified atom stereocenters. The van der Waals surface area contributed by atoms with Crippen molar-refractivity contribution in [1.29, 1.82) is 0 Å². The summed E-state index contributed by atoms with van der Waals surface area (Å²) in [7, 11) is 0. The molecule has 0 bridgehead atoms. The van der Waals surface area contributed by atoms with Gasteiger partial charge in [0.25, 0.3) is 0 Å². The molecule has 0 N–H and O–H groups in total. The second-order valence-electron chi connectivity index (χ2n) is 4.49. The number of halogens is 2. The molecule has 0 spiro atoms. The molecule has 2 nitrogen and oxygen atoms in total. The first kappa shape index (κ1) is 13.0. The van der Waals surface area contributed by atoms with Crippen molar-refractivity contribution >= 4 is 5.97 Å². The zero-order valence-electron chi connectivity index (χ0n) is 10.3. The molecule has 0 fully saturated rings. The van der Waals surface area contributed by atoms with Gasteiger partial charge >= 0.3 is 11.9 Å². The molecular formula is C14H16F2O2. The Balaban J connectivity index is 2.32. The molecule has 1 atom stereocenters. The molecule has 0 saturated heterocycles. The standard InChI is InChI=1S/C14H16F2O2/c1-2-18-13(17)14(15,16)12-9-5-7-10-6-3-4-8-11(10)12/h3-4,6,8,12H,2,5,7,9H2,1H3. The molecular weight excluding hydrogens is 238 g/mol. The van der Waals surface area contributed by atoms with Crippen LogP contribution in [0.1, 0.15) is 36.8 Å². The van der Waals surface area contributed by atoms with Gasteiger partial charge in [0.1, 0.15) is 0 Å². The topological polar surface area (TPSA) is 26.3 Å². The van der Waals surface area contributed by atoms with E-state index < -0.39 is 17.8 Å². The normalized spacial score (nSPS) is 19.2. The highest BCUT2D eigenvalue weighted by molar-refractivity contribution is 5.79. The number of carbonyl (C=O) groups is 1. The van der Waals surface area contributed by atoms with Crippen LogP contribution in [0.15, 0.2) is 24.3 Å². The fraction of sp³-hybridized carbons (Fsp3) is 0.500. The minimum Gasteiger partial charge on any atom is -0.462 e. The van der Waals surface area contributed by atoms with E-state index in [2.05, 4.69) is 4.74 Å². The lowest BCUT2D eigenvalue weighted by Crippen LogP contribution is -2.39. The van der Waals surface area contributed by atoms with E-state index in [1.807, 2.05) is 12.1 Å². The highest BCUT2D eigenvalue weighted by Gasteiger charge is 2.50. The van der Waals surface area contributed by atoms with Gasteiger partial charge in [-0.05, 0) is 37.3 Å². The lowest BCUT2D eigenvalue weighted by Gasteiger charge is -2.30. The zero-order chi connectivity index (χ0) is 13.2. The van der Waals surface area contributed by atoms with Crippen LogP contribution in [0, 0.1) is 0 Å². The fourth-order valence-electron chi connectivity index (χ4n) is 2.50. The van der Waals surface area contributed by atoms with Gasteiger partial charge in [-0.25, -0.2) is 4.79 Å². The minimum atomic E-state index is -3.44. The Morgan fingerprint density at radius 2 is 2.17 bits per heavy atom. The molecule has 0 aliphatic heterocycles. The van der Waals surface area contributed by atoms with E-state index in [-0.39, 0.29) is 6.61 Å². The number of aryl methyl sites for hydroxylation is 1. The molecule has 0 aromatic heterocycles. The number of alkyl halides is 2. The van der Waals surface area contributed by atoms with Crippen LogP contribution in [0.25, 0.3) is 0 Å². The fourth-order valence-corrected chi connectivity index (χ4v) is 2.50. The zero-order valence-corrected chi connectivity index (χ0v) is 10.3. The summed E-state index contributed by atoms with van der Waals surface area (Å²) in [4.78, 5) is 11.4. The van der Waals surface area contributed by atoms with Crippen molar-refractivity contribution in [1.82, 2.24) is 0 Å². The lowest BCUT2D eigenvalue weighted by atomic mass is 9.79. The van der Waals surface area contributed by atoms with Gasteiger partial charge in [-0.1, -0.05) is 24.3 Å². The molecule has 2 rings (SSSR count). The van der Waals surface area contributed by atoms with Gasteiger partial charge in [-0.3, -0.25) is 0 Å². The molecule has 1 aliphatic carbocycles. The van der Waals surface area contributed by atoms with Crippen molar-refractivity contribution in [2.24, 2.45) is 0 Å². The summed E-state index contributed by atoms with van der Waals surface area (Å²) in [5.74, 6) is -5.90.